The van der Waals surface area contributed by atoms with Crippen molar-refractivity contribution in [1.29, 1.82) is 0 Å². The highest BCUT2D eigenvalue weighted by Gasteiger charge is 2.04. The Hall–Kier alpha value is 0.0200. The van der Waals surface area contributed by atoms with Crippen LogP contribution in [-0.2, 0) is 4.79 Å². The lowest BCUT2D eigenvalue weighted by Crippen LogP contribution is -1.98. The van der Waals surface area contributed by atoms with Crippen LogP contribution in [0.5, 0.6) is 0 Å². The number of thioether (sulfide) groups is 1. The Bertz CT molecular complexity index is 201. The van der Waals surface area contributed by atoms with Gasteiger partial charge in [-0.2, -0.15) is 0 Å². The summed E-state index contributed by atoms with van der Waals surface area (Å²) in [6.07, 6.45) is 14.4. The van der Waals surface area contributed by atoms with E-state index in [1.165, 1.54) is 64.2 Å². The van der Waals surface area contributed by atoms with E-state index in [0.29, 0.717) is 11.0 Å². The standard InChI is InChI=1S/C17H34OS/c1-4-5-6-7-8-9-10-11-12-13-14-19-17(18)15-16(2)3/h16H,4-15H2,1-3H3. The van der Waals surface area contributed by atoms with Gasteiger partial charge in [0.15, 0.2) is 5.12 Å². The monoisotopic (exact) mass is 286 g/mol. The van der Waals surface area contributed by atoms with Crippen LogP contribution >= 0.6 is 11.8 Å². The summed E-state index contributed by atoms with van der Waals surface area (Å²) >= 11 is 1.54. The number of hydrogen-bond donors (Lipinski definition) is 0. The summed E-state index contributed by atoms with van der Waals surface area (Å²) in [6.45, 7) is 6.49. The molecule has 114 valence electrons. The summed E-state index contributed by atoms with van der Waals surface area (Å²) in [7, 11) is 0. The summed E-state index contributed by atoms with van der Waals surface area (Å²) in [5.41, 5.74) is 0. The van der Waals surface area contributed by atoms with Gasteiger partial charge in [-0.05, 0) is 12.3 Å². The SMILES string of the molecule is CCCCCCCCCCCCSC(=O)CC(C)C. The topological polar surface area (TPSA) is 17.1 Å². The van der Waals surface area contributed by atoms with E-state index in [1.54, 1.807) is 11.8 Å². The van der Waals surface area contributed by atoms with Crippen molar-refractivity contribution in [3.8, 4) is 0 Å². The molecule has 0 radical (unpaired) electrons. The third-order valence-electron chi connectivity index (χ3n) is 3.34. The third-order valence-corrected chi connectivity index (χ3v) is 4.32. The first-order chi connectivity index (χ1) is 9.16. The summed E-state index contributed by atoms with van der Waals surface area (Å²) in [5, 5.41) is 0.380. The van der Waals surface area contributed by atoms with Crippen LogP contribution in [0.25, 0.3) is 0 Å². The molecule has 0 fully saturated rings. The van der Waals surface area contributed by atoms with Crippen molar-refractivity contribution in [3.05, 3.63) is 0 Å². The molecular weight excluding hydrogens is 252 g/mol. The van der Waals surface area contributed by atoms with Crippen LogP contribution in [0.2, 0.25) is 0 Å². The number of hydrogen-bond acceptors (Lipinski definition) is 2. The van der Waals surface area contributed by atoms with Gasteiger partial charge < -0.3 is 0 Å². The Labute approximate surface area is 125 Å². The van der Waals surface area contributed by atoms with E-state index in [-0.39, 0.29) is 0 Å². The minimum Gasteiger partial charge on any atom is -0.287 e. The van der Waals surface area contributed by atoms with Crippen LogP contribution in [0.1, 0.15) is 91.4 Å². The number of unbranched alkanes of at least 4 members (excludes halogenated alkanes) is 9. The molecule has 0 saturated carbocycles. The first kappa shape index (κ1) is 19.0. The van der Waals surface area contributed by atoms with E-state index in [4.69, 9.17) is 0 Å². The molecule has 0 atom stereocenters. The summed E-state index contributed by atoms with van der Waals surface area (Å²) < 4.78 is 0. The van der Waals surface area contributed by atoms with Crippen molar-refractivity contribution in [3.63, 3.8) is 0 Å². The molecule has 0 spiro atoms. The Balaban J connectivity index is 3.08. The van der Waals surface area contributed by atoms with E-state index >= 15 is 0 Å². The van der Waals surface area contributed by atoms with Crippen LogP contribution in [0.4, 0.5) is 0 Å². The Morgan fingerprint density at radius 2 is 1.32 bits per heavy atom. The lowest BCUT2D eigenvalue weighted by molar-refractivity contribution is -0.111. The predicted octanol–water partition coefficient (Wildman–Crippen LogP) is 6.21. The highest BCUT2D eigenvalue weighted by molar-refractivity contribution is 8.13. The molecule has 0 rings (SSSR count). The molecule has 0 aromatic carbocycles. The average molecular weight is 287 g/mol. The van der Waals surface area contributed by atoms with Gasteiger partial charge in [0, 0.05) is 12.2 Å². The molecule has 0 aromatic rings. The van der Waals surface area contributed by atoms with Gasteiger partial charge in [0.05, 0.1) is 0 Å². The van der Waals surface area contributed by atoms with E-state index in [0.717, 1.165) is 12.2 Å². The zero-order chi connectivity index (χ0) is 14.3. The molecular formula is C17H34OS. The molecule has 0 aliphatic rings. The minimum absolute atomic E-state index is 0.380. The largest absolute Gasteiger partial charge is 0.287 e. The van der Waals surface area contributed by atoms with Gasteiger partial charge in [0.1, 0.15) is 0 Å². The van der Waals surface area contributed by atoms with Crippen LogP contribution < -0.4 is 0 Å². The van der Waals surface area contributed by atoms with Gasteiger partial charge in [0.2, 0.25) is 0 Å². The van der Waals surface area contributed by atoms with Gasteiger partial charge in [-0.1, -0.05) is 90.3 Å². The second kappa shape index (κ2) is 14.4. The minimum atomic E-state index is 0.380. The number of carbonyl (C=O) groups excluding carboxylic acids is 1. The van der Waals surface area contributed by atoms with Gasteiger partial charge >= 0.3 is 0 Å². The maximum Gasteiger partial charge on any atom is 0.189 e. The van der Waals surface area contributed by atoms with Crippen LogP contribution in [0, 0.1) is 5.92 Å². The maximum absolute atomic E-state index is 11.5. The molecule has 1 nitrogen and oxygen atoms in total. The van der Waals surface area contributed by atoms with Crippen molar-refractivity contribution in [1.82, 2.24) is 0 Å². The normalized spacial score (nSPS) is 11.2. The average Bonchev–Trinajstić information content (AvgIpc) is 2.35. The predicted molar refractivity (Wildman–Crippen MR) is 88.8 cm³/mol. The fourth-order valence-electron chi connectivity index (χ4n) is 2.17. The molecule has 0 aliphatic heterocycles. The molecule has 0 amide bonds. The molecule has 0 aliphatic carbocycles. The first-order valence-electron chi connectivity index (χ1n) is 8.32. The number of carbonyl (C=O) groups is 1. The van der Waals surface area contributed by atoms with Gasteiger partial charge in [-0.25, -0.2) is 0 Å². The zero-order valence-electron chi connectivity index (χ0n) is 13.4. The lowest BCUT2D eigenvalue weighted by atomic mass is 10.1. The van der Waals surface area contributed by atoms with E-state index in [9.17, 15) is 4.79 Å². The van der Waals surface area contributed by atoms with Gasteiger partial charge in [-0.3, -0.25) is 4.79 Å². The van der Waals surface area contributed by atoms with Crippen LogP contribution in [-0.4, -0.2) is 10.9 Å². The molecule has 19 heavy (non-hydrogen) atoms. The first-order valence-corrected chi connectivity index (χ1v) is 9.31. The van der Waals surface area contributed by atoms with Crippen LogP contribution in [0.15, 0.2) is 0 Å². The van der Waals surface area contributed by atoms with Gasteiger partial charge in [0.25, 0.3) is 0 Å². The zero-order valence-corrected chi connectivity index (χ0v) is 14.2. The molecule has 0 aromatic heterocycles. The fourth-order valence-corrected chi connectivity index (χ4v) is 3.20. The molecule has 0 heterocycles. The molecule has 0 N–H and O–H groups in total. The van der Waals surface area contributed by atoms with Gasteiger partial charge in [-0.15, -0.1) is 0 Å². The van der Waals surface area contributed by atoms with Crippen molar-refractivity contribution >= 4 is 16.9 Å². The van der Waals surface area contributed by atoms with E-state index in [1.807, 2.05) is 0 Å². The highest BCUT2D eigenvalue weighted by atomic mass is 32.2. The fraction of sp³-hybridized carbons (Fsp3) is 0.941. The quantitative estimate of drug-likeness (QED) is 0.374. The highest BCUT2D eigenvalue weighted by Crippen LogP contribution is 2.15. The molecule has 0 unspecified atom stereocenters. The van der Waals surface area contributed by atoms with Crippen molar-refractivity contribution < 1.29 is 4.79 Å². The smallest absolute Gasteiger partial charge is 0.189 e. The summed E-state index contributed by atoms with van der Waals surface area (Å²) in [4.78, 5) is 11.5. The number of rotatable bonds is 13. The van der Waals surface area contributed by atoms with Crippen LogP contribution in [0.3, 0.4) is 0 Å². The van der Waals surface area contributed by atoms with Crippen molar-refractivity contribution in [2.45, 2.75) is 91.4 Å². The second-order valence-corrected chi connectivity index (χ2v) is 7.15. The maximum atomic E-state index is 11.5. The Morgan fingerprint density at radius 3 is 1.79 bits per heavy atom. The second-order valence-electron chi connectivity index (χ2n) is 6.00. The third kappa shape index (κ3) is 16.0. The van der Waals surface area contributed by atoms with E-state index in [2.05, 4.69) is 20.8 Å². The summed E-state index contributed by atoms with van der Waals surface area (Å²) in [5.74, 6) is 1.54. The Morgan fingerprint density at radius 1 is 0.842 bits per heavy atom. The summed E-state index contributed by atoms with van der Waals surface area (Å²) in [6, 6.07) is 0. The molecule has 0 saturated heterocycles. The van der Waals surface area contributed by atoms with Crippen molar-refractivity contribution in [2.24, 2.45) is 5.92 Å². The molecule has 0 bridgehead atoms. The molecule has 2 heteroatoms. The lowest BCUT2D eigenvalue weighted by Gasteiger charge is -2.04. The Kier molecular flexibility index (Phi) is 14.4. The van der Waals surface area contributed by atoms with Crippen molar-refractivity contribution in [2.75, 3.05) is 5.75 Å². The van der Waals surface area contributed by atoms with E-state index < -0.39 is 0 Å².